The second kappa shape index (κ2) is 2.11. The van der Waals surface area contributed by atoms with E-state index in [0.29, 0.717) is 0 Å². The standard InChI is InChI=1S/C4H4F5/c1-3(6,7)4(8,9)2-5/h2H,1H3. The minimum absolute atomic E-state index is 0.0525. The van der Waals surface area contributed by atoms with Gasteiger partial charge in [-0.3, -0.25) is 0 Å². The molecule has 0 aliphatic rings. The van der Waals surface area contributed by atoms with Crippen molar-refractivity contribution < 1.29 is 22.0 Å². The van der Waals surface area contributed by atoms with Crippen molar-refractivity contribution in [2.24, 2.45) is 0 Å². The third-order valence-electron chi connectivity index (χ3n) is 0.722. The van der Waals surface area contributed by atoms with Crippen LogP contribution in [0.15, 0.2) is 0 Å². The van der Waals surface area contributed by atoms with E-state index in [2.05, 4.69) is 0 Å². The molecular weight excluding hydrogens is 143 g/mol. The molecule has 5 heteroatoms. The van der Waals surface area contributed by atoms with Gasteiger partial charge in [-0.25, -0.2) is 13.2 Å². The molecule has 0 saturated carbocycles. The summed E-state index contributed by atoms with van der Waals surface area (Å²) in [5, 5.41) is 0. The molecule has 0 aromatic carbocycles. The zero-order valence-corrected chi connectivity index (χ0v) is 4.47. The molecular formula is C4H4F5. The van der Waals surface area contributed by atoms with E-state index in [1.54, 1.807) is 0 Å². The van der Waals surface area contributed by atoms with E-state index in [1.807, 2.05) is 0 Å². The van der Waals surface area contributed by atoms with Crippen molar-refractivity contribution in [1.82, 2.24) is 0 Å². The lowest BCUT2D eigenvalue weighted by Gasteiger charge is -2.18. The Morgan fingerprint density at radius 1 is 1.11 bits per heavy atom. The first-order valence-electron chi connectivity index (χ1n) is 2.01. The van der Waals surface area contributed by atoms with Crippen molar-refractivity contribution in [3.05, 3.63) is 6.67 Å². The summed E-state index contributed by atoms with van der Waals surface area (Å²) in [4.78, 5) is 0. The van der Waals surface area contributed by atoms with E-state index in [4.69, 9.17) is 0 Å². The van der Waals surface area contributed by atoms with Crippen LogP contribution in [-0.2, 0) is 0 Å². The maximum Gasteiger partial charge on any atom is 0.343 e. The number of hydrogen-bond acceptors (Lipinski definition) is 0. The smallest absolute Gasteiger partial charge is 0.237 e. The normalized spacial score (nSPS) is 14.0. The van der Waals surface area contributed by atoms with Crippen molar-refractivity contribution in [1.29, 1.82) is 0 Å². The second-order valence-electron chi connectivity index (χ2n) is 1.62. The van der Waals surface area contributed by atoms with Gasteiger partial charge in [0.25, 0.3) is 0 Å². The van der Waals surface area contributed by atoms with Crippen LogP contribution in [0.5, 0.6) is 0 Å². The summed E-state index contributed by atoms with van der Waals surface area (Å²) in [6, 6.07) is 0. The first-order valence-corrected chi connectivity index (χ1v) is 2.01. The Morgan fingerprint density at radius 2 is 1.44 bits per heavy atom. The summed E-state index contributed by atoms with van der Waals surface area (Å²) in [5.41, 5.74) is 0. The molecule has 0 fully saturated rings. The Hall–Kier alpha value is -0.350. The van der Waals surface area contributed by atoms with Crippen LogP contribution in [0.4, 0.5) is 22.0 Å². The quantitative estimate of drug-likeness (QED) is 0.526. The molecule has 0 unspecified atom stereocenters. The maximum atomic E-state index is 11.5. The SMILES string of the molecule is CC(F)(F)C(F)(F)[CH]F. The molecule has 0 aliphatic heterocycles. The van der Waals surface area contributed by atoms with E-state index in [1.165, 1.54) is 0 Å². The van der Waals surface area contributed by atoms with Gasteiger partial charge in [-0.15, -0.1) is 0 Å². The monoisotopic (exact) mass is 147 g/mol. The van der Waals surface area contributed by atoms with Crippen molar-refractivity contribution in [2.45, 2.75) is 18.8 Å². The van der Waals surface area contributed by atoms with Crippen molar-refractivity contribution in [2.75, 3.05) is 0 Å². The van der Waals surface area contributed by atoms with Gasteiger partial charge in [-0.1, -0.05) is 0 Å². The van der Waals surface area contributed by atoms with Gasteiger partial charge < -0.3 is 0 Å². The molecule has 0 bridgehead atoms. The lowest BCUT2D eigenvalue weighted by atomic mass is 10.2. The summed E-state index contributed by atoms with van der Waals surface area (Å²) in [6.07, 6.45) is 0. The Kier molecular flexibility index (Phi) is 2.03. The van der Waals surface area contributed by atoms with Crippen LogP contribution in [0.2, 0.25) is 0 Å². The molecule has 0 aromatic heterocycles. The highest BCUT2D eigenvalue weighted by molar-refractivity contribution is 4.86. The Balaban J connectivity index is 4.14. The van der Waals surface area contributed by atoms with E-state index in [9.17, 15) is 22.0 Å². The predicted molar refractivity (Wildman–Crippen MR) is 21.0 cm³/mol. The van der Waals surface area contributed by atoms with Gasteiger partial charge in [0.2, 0.25) is 6.67 Å². The molecule has 0 aromatic rings. The summed E-state index contributed by atoms with van der Waals surface area (Å²) >= 11 is 0. The molecule has 55 valence electrons. The van der Waals surface area contributed by atoms with Crippen LogP contribution < -0.4 is 0 Å². The topological polar surface area (TPSA) is 0 Å². The molecule has 9 heavy (non-hydrogen) atoms. The average molecular weight is 147 g/mol. The Labute approximate surface area is 48.7 Å². The molecule has 0 saturated heterocycles. The van der Waals surface area contributed by atoms with E-state index in [-0.39, 0.29) is 6.92 Å². The summed E-state index contributed by atoms with van der Waals surface area (Å²) in [6.45, 7) is -1.37. The molecule has 0 N–H and O–H groups in total. The zero-order valence-electron chi connectivity index (χ0n) is 4.47. The molecule has 1 radical (unpaired) electrons. The van der Waals surface area contributed by atoms with Crippen LogP contribution in [0.3, 0.4) is 0 Å². The number of rotatable bonds is 2. The number of hydrogen-bond donors (Lipinski definition) is 0. The van der Waals surface area contributed by atoms with Crippen molar-refractivity contribution in [3.63, 3.8) is 0 Å². The van der Waals surface area contributed by atoms with Crippen molar-refractivity contribution in [3.8, 4) is 0 Å². The minimum atomic E-state index is -4.65. The molecule has 0 amide bonds. The van der Waals surface area contributed by atoms with Gasteiger partial charge in [0, 0.05) is 6.92 Å². The van der Waals surface area contributed by atoms with Gasteiger partial charge in [0.05, 0.1) is 0 Å². The van der Waals surface area contributed by atoms with E-state index in [0.717, 1.165) is 0 Å². The highest BCUT2D eigenvalue weighted by Gasteiger charge is 2.52. The molecule has 0 aliphatic carbocycles. The van der Waals surface area contributed by atoms with Crippen LogP contribution in [0, 0.1) is 6.67 Å². The molecule has 0 heterocycles. The van der Waals surface area contributed by atoms with Crippen molar-refractivity contribution >= 4 is 0 Å². The first kappa shape index (κ1) is 8.65. The van der Waals surface area contributed by atoms with Crippen LogP contribution in [0.25, 0.3) is 0 Å². The molecule has 0 rings (SSSR count). The highest BCUT2D eigenvalue weighted by atomic mass is 19.3. The summed E-state index contributed by atoms with van der Waals surface area (Å²) in [5.74, 6) is -8.96. The molecule has 0 nitrogen and oxygen atoms in total. The largest absolute Gasteiger partial charge is 0.343 e. The molecule has 0 spiro atoms. The molecule has 0 atom stereocenters. The average Bonchev–Trinajstić information content (AvgIpc) is 1.64. The Morgan fingerprint density at radius 3 is 1.44 bits per heavy atom. The van der Waals surface area contributed by atoms with Gasteiger partial charge in [-0.05, 0) is 0 Å². The maximum absolute atomic E-state index is 11.5. The van der Waals surface area contributed by atoms with Crippen LogP contribution in [0.1, 0.15) is 6.92 Å². The summed E-state index contributed by atoms with van der Waals surface area (Å²) in [7, 11) is 0. The van der Waals surface area contributed by atoms with Gasteiger partial charge in [0.15, 0.2) is 0 Å². The fourth-order valence-electron chi connectivity index (χ4n) is 0.0958. The zero-order chi connectivity index (χ0) is 7.71. The number of alkyl halides is 4. The lowest BCUT2D eigenvalue weighted by Crippen LogP contribution is -2.36. The fourth-order valence-corrected chi connectivity index (χ4v) is 0.0958. The van der Waals surface area contributed by atoms with Gasteiger partial charge >= 0.3 is 11.8 Å². The highest BCUT2D eigenvalue weighted by Crippen LogP contribution is 2.35. The second-order valence-corrected chi connectivity index (χ2v) is 1.62. The van der Waals surface area contributed by atoms with Gasteiger partial charge in [-0.2, -0.15) is 8.78 Å². The van der Waals surface area contributed by atoms with Crippen LogP contribution in [-0.4, -0.2) is 11.8 Å². The Bertz CT molecular complexity index is 91.6. The third-order valence-corrected chi connectivity index (χ3v) is 0.722. The lowest BCUT2D eigenvalue weighted by molar-refractivity contribution is -0.186. The third kappa shape index (κ3) is 1.80. The van der Waals surface area contributed by atoms with Crippen LogP contribution >= 0.6 is 0 Å². The van der Waals surface area contributed by atoms with E-state index < -0.39 is 18.5 Å². The first-order chi connectivity index (χ1) is 3.81. The van der Waals surface area contributed by atoms with Gasteiger partial charge in [0.1, 0.15) is 0 Å². The minimum Gasteiger partial charge on any atom is -0.237 e. The summed E-state index contributed by atoms with van der Waals surface area (Å²) < 4.78 is 56.8. The van der Waals surface area contributed by atoms with E-state index >= 15 is 0 Å². The predicted octanol–water partition coefficient (Wildman–Crippen LogP) is 2.41. The fraction of sp³-hybridized carbons (Fsp3) is 0.750. The number of halogens is 5.